The number of hydrogen-bond acceptors (Lipinski definition) is 4. The molecule has 18 heavy (non-hydrogen) atoms. The normalized spacial score (nSPS) is 19.6. The Labute approximate surface area is 104 Å². The highest BCUT2D eigenvalue weighted by atomic mass is 16.5. The molecular weight excluding hydrogens is 236 g/mol. The smallest absolute Gasteiger partial charge is 0.328 e. The first-order valence-electron chi connectivity index (χ1n) is 5.65. The molecule has 1 N–H and O–H groups in total. The first-order chi connectivity index (χ1) is 8.59. The van der Waals surface area contributed by atoms with Crippen LogP contribution in [0.4, 0.5) is 0 Å². The molecule has 1 atom stereocenters. The van der Waals surface area contributed by atoms with Gasteiger partial charge < -0.3 is 14.7 Å². The Morgan fingerprint density at radius 3 is 2.94 bits per heavy atom. The van der Waals surface area contributed by atoms with Crippen LogP contribution < -0.4 is 0 Å². The Morgan fingerprint density at radius 2 is 2.28 bits per heavy atom. The Balaban J connectivity index is 2.23. The van der Waals surface area contributed by atoms with Crippen LogP contribution in [0.25, 0.3) is 0 Å². The third-order valence-electron chi connectivity index (χ3n) is 2.78. The van der Waals surface area contributed by atoms with Gasteiger partial charge in [0.15, 0.2) is 6.04 Å². The summed E-state index contributed by atoms with van der Waals surface area (Å²) in [5, 5.41) is 9.06. The number of hydrogen-bond donors (Lipinski definition) is 1. The van der Waals surface area contributed by atoms with Gasteiger partial charge in [0.05, 0.1) is 13.2 Å². The summed E-state index contributed by atoms with van der Waals surface area (Å²) in [5.74, 6) is -1.43. The second-order valence-corrected chi connectivity index (χ2v) is 4.09. The molecule has 1 aromatic heterocycles. The number of ether oxygens (including phenoxy) is 1. The lowest BCUT2D eigenvalue weighted by Crippen LogP contribution is -2.52. The summed E-state index contributed by atoms with van der Waals surface area (Å²) in [6.07, 6.45) is 0. The minimum Gasteiger partial charge on any atom is -0.480 e. The lowest BCUT2D eigenvalue weighted by molar-refractivity contribution is -0.147. The van der Waals surface area contributed by atoms with E-state index in [0.717, 1.165) is 5.69 Å². The molecule has 0 unspecified atom stereocenters. The monoisotopic (exact) mass is 250 g/mol. The number of aliphatic carboxylic acids is 1. The van der Waals surface area contributed by atoms with Crippen molar-refractivity contribution in [3.8, 4) is 0 Å². The maximum atomic E-state index is 12.2. The van der Waals surface area contributed by atoms with Gasteiger partial charge in [-0.1, -0.05) is 6.07 Å². The van der Waals surface area contributed by atoms with Crippen molar-refractivity contribution in [2.75, 3.05) is 19.8 Å². The van der Waals surface area contributed by atoms with Gasteiger partial charge in [-0.15, -0.1) is 0 Å². The zero-order valence-electron chi connectivity index (χ0n) is 10.00. The van der Waals surface area contributed by atoms with Crippen LogP contribution in [0.3, 0.4) is 0 Å². The van der Waals surface area contributed by atoms with Crippen LogP contribution in [0.2, 0.25) is 0 Å². The first kappa shape index (κ1) is 12.5. The van der Waals surface area contributed by atoms with Crippen molar-refractivity contribution in [2.45, 2.75) is 13.0 Å². The number of carboxylic acids is 1. The molecule has 0 spiro atoms. The van der Waals surface area contributed by atoms with Gasteiger partial charge in [0.2, 0.25) is 0 Å². The van der Waals surface area contributed by atoms with E-state index in [-0.39, 0.29) is 24.8 Å². The predicted octanol–water partition coefficient (Wildman–Crippen LogP) is 0.316. The van der Waals surface area contributed by atoms with Crippen LogP contribution >= 0.6 is 0 Å². The Hall–Kier alpha value is -1.95. The summed E-state index contributed by atoms with van der Waals surface area (Å²) in [4.78, 5) is 28.7. The lowest BCUT2D eigenvalue weighted by Gasteiger charge is -2.32. The molecule has 1 saturated heterocycles. The predicted molar refractivity (Wildman–Crippen MR) is 62.3 cm³/mol. The van der Waals surface area contributed by atoms with E-state index >= 15 is 0 Å². The number of carbonyl (C=O) groups excluding carboxylic acids is 1. The molecule has 2 heterocycles. The second-order valence-electron chi connectivity index (χ2n) is 4.09. The highest BCUT2D eigenvalue weighted by Gasteiger charge is 2.33. The highest BCUT2D eigenvalue weighted by molar-refractivity contribution is 5.95. The van der Waals surface area contributed by atoms with Crippen LogP contribution in [0.15, 0.2) is 18.2 Å². The Bertz CT molecular complexity index is 475. The second kappa shape index (κ2) is 5.14. The highest BCUT2D eigenvalue weighted by Crippen LogP contribution is 2.12. The van der Waals surface area contributed by atoms with Gasteiger partial charge >= 0.3 is 5.97 Å². The molecule has 0 aliphatic carbocycles. The zero-order chi connectivity index (χ0) is 13.1. The van der Waals surface area contributed by atoms with Crippen molar-refractivity contribution in [1.29, 1.82) is 0 Å². The molecule has 0 aromatic carbocycles. The maximum absolute atomic E-state index is 12.2. The average Bonchev–Trinajstić information content (AvgIpc) is 2.38. The Kier molecular flexibility index (Phi) is 3.57. The number of morpholine rings is 1. The molecule has 6 heteroatoms. The standard InChI is InChI=1S/C12H14N2O4/c1-8-3-2-4-9(13-8)11(15)14-5-6-18-7-10(14)12(16)17/h2-4,10H,5-7H2,1H3,(H,16,17)/t10-/m0/s1. The fourth-order valence-electron chi connectivity index (χ4n) is 1.86. The van der Waals surface area contributed by atoms with Crippen LogP contribution in [0.5, 0.6) is 0 Å². The molecular formula is C12H14N2O4. The van der Waals surface area contributed by atoms with Gasteiger partial charge in [0, 0.05) is 12.2 Å². The number of rotatable bonds is 2. The van der Waals surface area contributed by atoms with Crippen molar-refractivity contribution >= 4 is 11.9 Å². The van der Waals surface area contributed by atoms with Crippen molar-refractivity contribution < 1.29 is 19.4 Å². The van der Waals surface area contributed by atoms with E-state index in [2.05, 4.69) is 4.98 Å². The van der Waals surface area contributed by atoms with Crippen LogP contribution in [-0.4, -0.2) is 52.7 Å². The molecule has 1 aliphatic rings. The zero-order valence-corrected chi connectivity index (χ0v) is 10.00. The fraction of sp³-hybridized carbons (Fsp3) is 0.417. The molecule has 1 fully saturated rings. The average molecular weight is 250 g/mol. The van der Waals surface area contributed by atoms with E-state index in [9.17, 15) is 9.59 Å². The maximum Gasteiger partial charge on any atom is 0.328 e. The van der Waals surface area contributed by atoms with E-state index in [1.54, 1.807) is 25.1 Å². The molecule has 96 valence electrons. The molecule has 1 aromatic rings. The van der Waals surface area contributed by atoms with Gasteiger partial charge in [0.25, 0.3) is 5.91 Å². The van der Waals surface area contributed by atoms with E-state index in [1.807, 2.05) is 0 Å². The number of pyridine rings is 1. The van der Waals surface area contributed by atoms with Crippen LogP contribution in [0, 0.1) is 6.92 Å². The summed E-state index contributed by atoms with van der Waals surface area (Å²) in [5.41, 5.74) is 0.990. The molecule has 0 saturated carbocycles. The van der Waals surface area contributed by atoms with E-state index in [1.165, 1.54) is 4.90 Å². The largest absolute Gasteiger partial charge is 0.480 e. The topological polar surface area (TPSA) is 79.7 Å². The number of carbonyl (C=O) groups is 2. The molecule has 1 amide bonds. The summed E-state index contributed by atoms with van der Waals surface area (Å²) in [7, 11) is 0. The van der Waals surface area contributed by atoms with Crippen molar-refractivity contribution in [3.63, 3.8) is 0 Å². The molecule has 2 rings (SSSR count). The quantitative estimate of drug-likeness (QED) is 0.817. The minimum absolute atomic E-state index is 0.0207. The molecule has 6 nitrogen and oxygen atoms in total. The fourth-order valence-corrected chi connectivity index (χ4v) is 1.86. The Morgan fingerprint density at radius 1 is 1.50 bits per heavy atom. The van der Waals surface area contributed by atoms with E-state index in [4.69, 9.17) is 9.84 Å². The van der Waals surface area contributed by atoms with Gasteiger partial charge in [-0.3, -0.25) is 4.79 Å². The van der Waals surface area contributed by atoms with Crippen molar-refractivity contribution in [3.05, 3.63) is 29.6 Å². The number of aromatic nitrogens is 1. The summed E-state index contributed by atoms with van der Waals surface area (Å²) < 4.78 is 5.09. The molecule has 0 radical (unpaired) electrons. The molecule has 1 aliphatic heterocycles. The van der Waals surface area contributed by atoms with Gasteiger partial charge in [-0.05, 0) is 19.1 Å². The number of nitrogens with zero attached hydrogens (tertiary/aromatic N) is 2. The van der Waals surface area contributed by atoms with E-state index in [0.29, 0.717) is 6.61 Å². The number of amides is 1. The number of carboxylic acid groups (broad SMARTS) is 1. The summed E-state index contributed by atoms with van der Waals surface area (Å²) >= 11 is 0. The van der Waals surface area contributed by atoms with Gasteiger partial charge in [0.1, 0.15) is 5.69 Å². The minimum atomic E-state index is -1.06. The third kappa shape index (κ3) is 2.48. The van der Waals surface area contributed by atoms with Crippen LogP contribution in [-0.2, 0) is 9.53 Å². The van der Waals surface area contributed by atoms with E-state index < -0.39 is 12.0 Å². The van der Waals surface area contributed by atoms with Gasteiger partial charge in [-0.2, -0.15) is 0 Å². The summed E-state index contributed by atoms with van der Waals surface area (Å²) in [6, 6.07) is 4.16. The summed E-state index contributed by atoms with van der Waals surface area (Å²) in [6.45, 7) is 2.42. The van der Waals surface area contributed by atoms with Crippen molar-refractivity contribution in [2.24, 2.45) is 0 Å². The number of aryl methyl sites for hydroxylation is 1. The first-order valence-corrected chi connectivity index (χ1v) is 5.65. The van der Waals surface area contributed by atoms with Crippen LogP contribution in [0.1, 0.15) is 16.2 Å². The van der Waals surface area contributed by atoms with Crippen molar-refractivity contribution in [1.82, 2.24) is 9.88 Å². The SMILES string of the molecule is Cc1cccc(C(=O)N2CCOC[C@H]2C(=O)O)n1. The molecule has 0 bridgehead atoms. The third-order valence-corrected chi connectivity index (χ3v) is 2.78. The van der Waals surface area contributed by atoms with Gasteiger partial charge in [-0.25, -0.2) is 9.78 Å². The lowest BCUT2D eigenvalue weighted by atomic mass is 10.2.